The van der Waals surface area contributed by atoms with Crippen LogP contribution in [0.4, 0.5) is 0 Å². The number of hydrogen-bond donors (Lipinski definition) is 1. The molecule has 3 rings (SSSR count). The molecule has 0 atom stereocenters. The predicted octanol–water partition coefficient (Wildman–Crippen LogP) is 1.58. The van der Waals surface area contributed by atoms with Crippen LogP contribution in [0.25, 0.3) is 5.65 Å². The first-order valence-corrected chi connectivity index (χ1v) is 7.03. The lowest BCUT2D eigenvalue weighted by atomic mass is 9.97. The summed E-state index contributed by atoms with van der Waals surface area (Å²) in [6.45, 7) is 2.91. The van der Waals surface area contributed by atoms with Gasteiger partial charge in [0, 0.05) is 25.0 Å². The zero-order valence-corrected chi connectivity index (χ0v) is 11.8. The highest BCUT2D eigenvalue weighted by atomic mass is 16.4. The largest absolute Gasteiger partial charge is 0.481 e. The molecular weight excluding hydrogens is 270 g/mol. The molecule has 0 radical (unpaired) electrons. The number of carbonyl (C=O) groups excluding carboxylic acids is 1. The predicted molar refractivity (Wildman–Crippen MR) is 76.2 cm³/mol. The number of carboxylic acid groups (broad SMARTS) is 1. The van der Waals surface area contributed by atoms with Crippen LogP contribution in [-0.2, 0) is 4.79 Å². The number of pyridine rings is 1. The highest BCUT2D eigenvalue weighted by Crippen LogP contribution is 2.19. The van der Waals surface area contributed by atoms with Crippen LogP contribution in [0.3, 0.4) is 0 Å². The van der Waals surface area contributed by atoms with Crippen molar-refractivity contribution in [3.8, 4) is 0 Å². The van der Waals surface area contributed by atoms with E-state index in [4.69, 9.17) is 5.11 Å². The Morgan fingerprint density at radius 1 is 1.29 bits per heavy atom. The van der Waals surface area contributed by atoms with Crippen molar-refractivity contribution < 1.29 is 14.7 Å². The first-order chi connectivity index (χ1) is 10.1. The van der Waals surface area contributed by atoms with Crippen molar-refractivity contribution in [1.82, 2.24) is 14.3 Å². The van der Waals surface area contributed by atoms with E-state index in [0.29, 0.717) is 31.6 Å². The molecular formula is C15H17N3O3. The molecule has 0 spiro atoms. The van der Waals surface area contributed by atoms with Crippen molar-refractivity contribution in [2.75, 3.05) is 13.1 Å². The molecule has 1 saturated heterocycles. The molecule has 110 valence electrons. The molecule has 2 aromatic rings. The SMILES string of the molecule is Cc1cccc2nc(C(=O)N3CCC(C(=O)O)CC3)cn12. The summed E-state index contributed by atoms with van der Waals surface area (Å²) in [5.41, 5.74) is 2.18. The van der Waals surface area contributed by atoms with Crippen molar-refractivity contribution in [1.29, 1.82) is 0 Å². The summed E-state index contributed by atoms with van der Waals surface area (Å²) < 4.78 is 1.89. The van der Waals surface area contributed by atoms with Crippen LogP contribution >= 0.6 is 0 Å². The topological polar surface area (TPSA) is 74.9 Å². The number of imidazole rings is 1. The quantitative estimate of drug-likeness (QED) is 0.910. The standard InChI is InChI=1S/C15H17N3O3/c1-10-3-2-4-13-16-12(9-18(10)13)14(19)17-7-5-11(6-8-17)15(20)21/h2-4,9,11H,5-8H2,1H3,(H,20,21). The van der Waals surface area contributed by atoms with Gasteiger partial charge in [-0.05, 0) is 31.9 Å². The molecule has 6 nitrogen and oxygen atoms in total. The molecule has 0 saturated carbocycles. The van der Waals surface area contributed by atoms with Gasteiger partial charge in [0.2, 0.25) is 0 Å². The lowest BCUT2D eigenvalue weighted by Crippen LogP contribution is -2.40. The van der Waals surface area contributed by atoms with Gasteiger partial charge in [-0.3, -0.25) is 9.59 Å². The van der Waals surface area contributed by atoms with Gasteiger partial charge in [-0.15, -0.1) is 0 Å². The van der Waals surface area contributed by atoms with Gasteiger partial charge < -0.3 is 14.4 Å². The molecule has 1 aliphatic heterocycles. The number of fused-ring (bicyclic) bond motifs is 1. The molecule has 0 aliphatic carbocycles. The lowest BCUT2D eigenvalue weighted by molar-refractivity contribution is -0.143. The van der Waals surface area contributed by atoms with Gasteiger partial charge in [0.15, 0.2) is 0 Å². The average Bonchev–Trinajstić information content (AvgIpc) is 2.92. The van der Waals surface area contributed by atoms with Crippen LogP contribution in [0.5, 0.6) is 0 Å². The third-order valence-corrected chi connectivity index (χ3v) is 4.05. The summed E-state index contributed by atoms with van der Waals surface area (Å²) in [6.07, 6.45) is 2.76. The summed E-state index contributed by atoms with van der Waals surface area (Å²) in [7, 11) is 0. The monoisotopic (exact) mass is 287 g/mol. The zero-order valence-electron chi connectivity index (χ0n) is 11.8. The van der Waals surface area contributed by atoms with Crippen molar-refractivity contribution in [2.24, 2.45) is 5.92 Å². The number of hydrogen-bond acceptors (Lipinski definition) is 3. The van der Waals surface area contributed by atoms with Crippen LogP contribution in [0.2, 0.25) is 0 Å². The number of carbonyl (C=O) groups is 2. The highest BCUT2D eigenvalue weighted by molar-refractivity contribution is 5.93. The summed E-state index contributed by atoms with van der Waals surface area (Å²) in [6, 6.07) is 5.73. The fraction of sp³-hybridized carbons (Fsp3) is 0.400. The molecule has 6 heteroatoms. The maximum atomic E-state index is 12.5. The first-order valence-electron chi connectivity index (χ1n) is 7.03. The second kappa shape index (κ2) is 5.20. The molecule has 0 bridgehead atoms. The Labute approximate surface area is 122 Å². The van der Waals surface area contributed by atoms with Crippen LogP contribution in [0.1, 0.15) is 29.0 Å². The van der Waals surface area contributed by atoms with Gasteiger partial charge >= 0.3 is 5.97 Å². The Kier molecular flexibility index (Phi) is 3.37. The third-order valence-electron chi connectivity index (χ3n) is 4.05. The summed E-state index contributed by atoms with van der Waals surface area (Å²) in [5, 5.41) is 8.99. The Morgan fingerprint density at radius 3 is 2.62 bits per heavy atom. The summed E-state index contributed by atoms with van der Waals surface area (Å²) in [5.74, 6) is -1.23. The van der Waals surface area contributed by atoms with E-state index in [9.17, 15) is 9.59 Å². The van der Waals surface area contributed by atoms with Crippen LogP contribution in [-0.4, -0.2) is 44.4 Å². The Balaban J connectivity index is 1.78. The number of aromatic nitrogens is 2. The van der Waals surface area contributed by atoms with Crippen LogP contribution in [0.15, 0.2) is 24.4 Å². The van der Waals surface area contributed by atoms with E-state index < -0.39 is 5.97 Å². The number of likely N-dealkylation sites (tertiary alicyclic amines) is 1. The molecule has 2 aromatic heterocycles. The van der Waals surface area contributed by atoms with Crippen molar-refractivity contribution in [2.45, 2.75) is 19.8 Å². The molecule has 3 heterocycles. The fourth-order valence-electron chi connectivity index (χ4n) is 2.74. The van der Waals surface area contributed by atoms with Crippen molar-refractivity contribution in [3.05, 3.63) is 35.8 Å². The minimum absolute atomic E-state index is 0.123. The van der Waals surface area contributed by atoms with Crippen LogP contribution < -0.4 is 0 Å². The average molecular weight is 287 g/mol. The molecule has 1 N–H and O–H groups in total. The van der Waals surface area contributed by atoms with E-state index in [2.05, 4.69) is 4.98 Å². The van der Waals surface area contributed by atoms with E-state index in [0.717, 1.165) is 11.3 Å². The second-order valence-electron chi connectivity index (χ2n) is 5.43. The number of aryl methyl sites for hydroxylation is 1. The van der Waals surface area contributed by atoms with Gasteiger partial charge in [0.05, 0.1) is 5.92 Å². The van der Waals surface area contributed by atoms with Crippen molar-refractivity contribution in [3.63, 3.8) is 0 Å². The van der Waals surface area contributed by atoms with Crippen LogP contribution in [0, 0.1) is 12.8 Å². The Bertz CT molecular complexity index is 699. The first kappa shape index (κ1) is 13.6. The number of rotatable bonds is 2. The zero-order chi connectivity index (χ0) is 15.0. The maximum Gasteiger partial charge on any atom is 0.306 e. The second-order valence-corrected chi connectivity index (χ2v) is 5.43. The fourth-order valence-corrected chi connectivity index (χ4v) is 2.74. The van der Waals surface area contributed by atoms with Crippen molar-refractivity contribution >= 4 is 17.5 Å². The summed E-state index contributed by atoms with van der Waals surface area (Å²) in [4.78, 5) is 29.4. The molecule has 1 fully saturated rings. The number of piperidine rings is 1. The summed E-state index contributed by atoms with van der Waals surface area (Å²) >= 11 is 0. The molecule has 0 aromatic carbocycles. The Morgan fingerprint density at radius 2 is 2.00 bits per heavy atom. The van der Waals surface area contributed by atoms with Gasteiger partial charge in [-0.25, -0.2) is 4.98 Å². The number of amides is 1. The van der Waals surface area contributed by atoms with Gasteiger partial charge in [0.1, 0.15) is 11.3 Å². The maximum absolute atomic E-state index is 12.5. The normalized spacial score (nSPS) is 16.3. The van der Waals surface area contributed by atoms with E-state index in [1.807, 2.05) is 29.5 Å². The van der Waals surface area contributed by atoms with Gasteiger partial charge in [-0.2, -0.15) is 0 Å². The molecule has 21 heavy (non-hydrogen) atoms. The van der Waals surface area contributed by atoms with E-state index in [1.165, 1.54) is 0 Å². The minimum Gasteiger partial charge on any atom is -0.481 e. The lowest BCUT2D eigenvalue weighted by Gasteiger charge is -2.29. The molecule has 0 unspecified atom stereocenters. The smallest absolute Gasteiger partial charge is 0.306 e. The number of nitrogens with zero attached hydrogens (tertiary/aromatic N) is 3. The van der Waals surface area contributed by atoms with E-state index in [1.54, 1.807) is 11.1 Å². The Hall–Kier alpha value is -2.37. The molecule has 1 amide bonds. The molecule has 1 aliphatic rings. The van der Waals surface area contributed by atoms with E-state index >= 15 is 0 Å². The third kappa shape index (κ3) is 2.49. The minimum atomic E-state index is -0.773. The van der Waals surface area contributed by atoms with Gasteiger partial charge in [-0.1, -0.05) is 6.07 Å². The number of aliphatic carboxylic acids is 1. The van der Waals surface area contributed by atoms with Gasteiger partial charge in [0.25, 0.3) is 5.91 Å². The highest BCUT2D eigenvalue weighted by Gasteiger charge is 2.28. The van der Waals surface area contributed by atoms with E-state index in [-0.39, 0.29) is 11.8 Å². The number of carboxylic acids is 1.